The highest BCUT2D eigenvalue weighted by Crippen LogP contribution is 2.18. The quantitative estimate of drug-likeness (QED) is 0.788. The summed E-state index contributed by atoms with van der Waals surface area (Å²) in [5.41, 5.74) is 6.64. The number of benzene rings is 1. The first-order valence-electron chi connectivity index (χ1n) is 6.92. The van der Waals surface area contributed by atoms with Crippen molar-refractivity contribution in [2.75, 3.05) is 6.61 Å². The number of nitrogens with two attached hydrogens (primary N) is 1. The predicted octanol–water partition coefficient (Wildman–Crippen LogP) is 2.09. The molecule has 5 heteroatoms. The molecule has 2 unspecified atom stereocenters. The minimum absolute atomic E-state index is 0.0397. The van der Waals surface area contributed by atoms with E-state index in [2.05, 4.69) is 5.32 Å². The van der Waals surface area contributed by atoms with E-state index in [-0.39, 0.29) is 17.0 Å². The van der Waals surface area contributed by atoms with Gasteiger partial charge in [0.25, 0.3) is 0 Å². The Kier molecular flexibility index (Phi) is 5.49. The fourth-order valence-electron chi connectivity index (χ4n) is 2.36. The second-order valence-electron chi connectivity index (χ2n) is 4.99. The minimum atomic E-state index is -0.400. The number of carbonyl (C=O) groups excluding carboxylic acids is 1. The number of amides is 1. The molecule has 1 aromatic rings. The van der Waals surface area contributed by atoms with Crippen LogP contribution in [0.1, 0.15) is 37.3 Å². The molecule has 20 heavy (non-hydrogen) atoms. The van der Waals surface area contributed by atoms with Crippen molar-refractivity contribution < 1.29 is 9.53 Å². The third-order valence-electron chi connectivity index (χ3n) is 3.44. The largest absolute Gasteiger partial charge is 0.391 e. The molecule has 2 rings (SSSR count). The van der Waals surface area contributed by atoms with Gasteiger partial charge >= 0.3 is 0 Å². The first-order chi connectivity index (χ1) is 9.66. The summed E-state index contributed by atoms with van der Waals surface area (Å²) < 4.78 is 5.51. The van der Waals surface area contributed by atoms with Gasteiger partial charge in [-0.3, -0.25) is 4.79 Å². The molecule has 2 atom stereocenters. The fourth-order valence-corrected chi connectivity index (χ4v) is 2.56. The molecule has 3 N–H and O–H groups in total. The Bertz CT molecular complexity index is 458. The van der Waals surface area contributed by atoms with E-state index < -0.39 is 6.04 Å². The highest BCUT2D eigenvalue weighted by atomic mass is 32.1. The maximum Gasteiger partial charge on any atom is 0.220 e. The van der Waals surface area contributed by atoms with Crippen molar-refractivity contribution in [3.05, 3.63) is 35.9 Å². The van der Waals surface area contributed by atoms with Crippen LogP contribution in [0.4, 0.5) is 0 Å². The third kappa shape index (κ3) is 4.28. The van der Waals surface area contributed by atoms with E-state index in [0.717, 1.165) is 31.4 Å². The van der Waals surface area contributed by atoms with Gasteiger partial charge in [0.1, 0.15) is 11.0 Å². The van der Waals surface area contributed by atoms with Crippen LogP contribution >= 0.6 is 12.2 Å². The molecular formula is C15H20N2O2S. The number of hydrogen-bond acceptors (Lipinski definition) is 3. The van der Waals surface area contributed by atoms with Crippen LogP contribution in [0, 0.1) is 0 Å². The summed E-state index contributed by atoms with van der Waals surface area (Å²) in [6, 6.07) is 9.13. The molecule has 1 heterocycles. The summed E-state index contributed by atoms with van der Waals surface area (Å²) in [5.74, 6) is -0.0397. The predicted molar refractivity (Wildman–Crippen MR) is 82.3 cm³/mol. The molecule has 0 bridgehead atoms. The van der Waals surface area contributed by atoms with Gasteiger partial charge in [0, 0.05) is 13.0 Å². The van der Waals surface area contributed by atoms with Gasteiger partial charge in [-0.15, -0.1) is 0 Å². The molecular weight excluding hydrogens is 272 g/mol. The molecule has 0 spiro atoms. The minimum Gasteiger partial charge on any atom is -0.391 e. The highest BCUT2D eigenvalue weighted by Gasteiger charge is 2.20. The zero-order valence-corrected chi connectivity index (χ0v) is 12.2. The van der Waals surface area contributed by atoms with Crippen molar-refractivity contribution in [2.45, 2.75) is 37.8 Å². The molecule has 0 aromatic heterocycles. The van der Waals surface area contributed by atoms with Crippen molar-refractivity contribution in [2.24, 2.45) is 5.73 Å². The van der Waals surface area contributed by atoms with Crippen molar-refractivity contribution in [1.82, 2.24) is 5.32 Å². The van der Waals surface area contributed by atoms with Crippen molar-refractivity contribution >= 4 is 23.1 Å². The van der Waals surface area contributed by atoms with Crippen LogP contribution in [0.5, 0.6) is 0 Å². The highest BCUT2D eigenvalue weighted by molar-refractivity contribution is 7.80. The topological polar surface area (TPSA) is 64.3 Å². The number of rotatable bonds is 6. The lowest BCUT2D eigenvalue weighted by Gasteiger charge is -2.18. The fraction of sp³-hybridized carbons (Fsp3) is 0.467. The maximum absolute atomic E-state index is 12.0. The van der Waals surface area contributed by atoms with Crippen molar-refractivity contribution in [1.29, 1.82) is 0 Å². The Morgan fingerprint density at radius 2 is 2.20 bits per heavy atom. The Hall–Kier alpha value is -1.46. The van der Waals surface area contributed by atoms with Crippen LogP contribution in [0.3, 0.4) is 0 Å². The SMILES string of the molecule is NC(=S)C(NC(=O)CCC1CCCO1)c1ccccc1. The van der Waals surface area contributed by atoms with Crippen molar-refractivity contribution in [3.63, 3.8) is 0 Å². The molecule has 1 fully saturated rings. The molecule has 108 valence electrons. The van der Waals surface area contributed by atoms with Crippen LogP contribution < -0.4 is 11.1 Å². The monoisotopic (exact) mass is 292 g/mol. The van der Waals surface area contributed by atoms with E-state index >= 15 is 0 Å². The van der Waals surface area contributed by atoms with E-state index in [0.29, 0.717) is 6.42 Å². The lowest BCUT2D eigenvalue weighted by Crippen LogP contribution is -2.36. The summed E-state index contributed by atoms with van der Waals surface area (Å²) in [6.07, 6.45) is 3.55. The summed E-state index contributed by atoms with van der Waals surface area (Å²) in [7, 11) is 0. The van der Waals surface area contributed by atoms with E-state index in [4.69, 9.17) is 22.7 Å². The van der Waals surface area contributed by atoms with Gasteiger partial charge in [-0.2, -0.15) is 0 Å². The first-order valence-corrected chi connectivity index (χ1v) is 7.33. The smallest absolute Gasteiger partial charge is 0.220 e. The van der Waals surface area contributed by atoms with Gasteiger partial charge in [-0.1, -0.05) is 42.5 Å². The Labute approximate surface area is 124 Å². The Balaban J connectivity index is 1.87. The number of thiocarbonyl (C=S) groups is 1. The van der Waals surface area contributed by atoms with Crippen LogP contribution in [-0.2, 0) is 9.53 Å². The van der Waals surface area contributed by atoms with Gasteiger partial charge in [0.2, 0.25) is 5.91 Å². The molecule has 0 saturated carbocycles. The van der Waals surface area contributed by atoms with Crippen LogP contribution in [0.2, 0.25) is 0 Å². The van der Waals surface area contributed by atoms with Crippen LogP contribution in [0.25, 0.3) is 0 Å². The molecule has 1 amide bonds. The average Bonchev–Trinajstić information content (AvgIpc) is 2.96. The van der Waals surface area contributed by atoms with E-state index in [9.17, 15) is 4.79 Å². The molecule has 0 radical (unpaired) electrons. The van der Waals surface area contributed by atoms with Crippen LogP contribution in [0.15, 0.2) is 30.3 Å². The Morgan fingerprint density at radius 3 is 2.80 bits per heavy atom. The Morgan fingerprint density at radius 1 is 1.45 bits per heavy atom. The van der Waals surface area contributed by atoms with E-state index in [1.54, 1.807) is 0 Å². The molecule has 4 nitrogen and oxygen atoms in total. The average molecular weight is 292 g/mol. The zero-order valence-electron chi connectivity index (χ0n) is 11.4. The van der Waals surface area contributed by atoms with Gasteiger partial charge in [0.05, 0.1) is 6.10 Å². The summed E-state index contributed by atoms with van der Waals surface area (Å²) in [4.78, 5) is 12.3. The number of carbonyl (C=O) groups is 1. The maximum atomic E-state index is 12.0. The standard InChI is InChI=1S/C15H20N2O2S/c16-15(20)14(11-5-2-1-3-6-11)17-13(18)9-8-12-7-4-10-19-12/h1-3,5-6,12,14H,4,7-10H2,(H2,16,20)(H,17,18). The summed E-state index contributed by atoms with van der Waals surface area (Å²) in [5, 5.41) is 2.90. The molecule has 1 aliphatic rings. The lowest BCUT2D eigenvalue weighted by atomic mass is 10.1. The lowest BCUT2D eigenvalue weighted by molar-refractivity contribution is -0.122. The van der Waals surface area contributed by atoms with Crippen LogP contribution in [-0.4, -0.2) is 23.6 Å². The first kappa shape index (κ1) is 14.9. The van der Waals surface area contributed by atoms with E-state index in [1.807, 2.05) is 30.3 Å². The second kappa shape index (κ2) is 7.36. The number of nitrogens with one attached hydrogen (secondary N) is 1. The summed E-state index contributed by atoms with van der Waals surface area (Å²) in [6.45, 7) is 0.811. The molecule has 0 aliphatic carbocycles. The van der Waals surface area contributed by atoms with Crippen molar-refractivity contribution in [3.8, 4) is 0 Å². The number of ether oxygens (including phenoxy) is 1. The second-order valence-corrected chi connectivity index (χ2v) is 5.46. The normalized spacial score (nSPS) is 19.5. The summed E-state index contributed by atoms with van der Waals surface area (Å²) >= 11 is 5.05. The molecule has 1 aliphatic heterocycles. The zero-order chi connectivity index (χ0) is 14.4. The van der Waals surface area contributed by atoms with E-state index in [1.165, 1.54) is 0 Å². The number of hydrogen-bond donors (Lipinski definition) is 2. The van der Waals surface area contributed by atoms with Gasteiger partial charge < -0.3 is 15.8 Å². The molecule has 1 saturated heterocycles. The third-order valence-corrected chi connectivity index (χ3v) is 3.68. The van der Waals surface area contributed by atoms with Gasteiger partial charge in [0.15, 0.2) is 0 Å². The van der Waals surface area contributed by atoms with Gasteiger partial charge in [-0.05, 0) is 24.8 Å². The van der Waals surface area contributed by atoms with Gasteiger partial charge in [-0.25, -0.2) is 0 Å². The molecule has 1 aromatic carbocycles.